The van der Waals surface area contributed by atoms with Gasteiger partial charge in [-0.05, 0) is 30.0 Å². The number of ether oxygens (including phenoxy) is 1. The molecule has 0 bridgehead atoms. The van der Waals surface area contributed by atoms with Gasteiger partial charge in [0, 0.05) is 5.56 Å². The van der Waals surface area contributed by atoms with Crippen molar-refractivity contribution < 1.29 is 22.7 Å². The highest BCUT2D eigenvalue weighted by Crippen LogP contribution is 2.20. The molecule has 27 heavy (non-hydrogen) atoms. The van der Waals surface area contributed by atoms with Crippen LogP contribution in [0.25, 0.3) is 0 Å². The Balaban J connectivity index is 2.09. The Labute approximate surface area is 160 Å². The molecule has 144 valence electrons. The van der Waals surface area contributed by atoms with Gasteiger partial charge < -0.3 is 4.74 Å². The van der Waals surface area contributed by atoms with E-state index in [1.807, 2.05) is 12.1 Å². The van der Waals surface area contributed by atoms with E-state index in [0.717, 1.165) is 12.0 Å². The summed E-state index contributed by atoms with van der Waals surface area (Å²) >= 11 is 0. The maximum Gasteiger partial charge on any atom is 0.339 e. The molecule has 0 saturated carbocycles. The Morgan fingerprint density at radius 3 is 2.22 bits per heavy atom. The lowest BCUT2D eigenvalue weighted by Crippen LogP contribution is -2.17. The summed E-state index contributed by atoms with van der Waals surface area (Å²) in [6, 6.07) is 13.1. The highest BCUT2D eigenvalue weighted by molar-refractivity contribution is 7.91. The first-order chi connectivity index (χ1) is 12.8. The molecule has 0 aliphatic rings. The number of Topliss-reactive ketones (excluding diaryl/α,β-unsaturated/α-hetero) is 1. The van der Waals surface area contributed by atoms with E-state index in [1.165, 1.54) is 19.1 Å². The third-order valence-corrected chi connectivity index (χ3v) is 6.36. The van der Waals surface area contributed by atoms with Gasteiger partial charge >= 0.3 is 5.97 Å². The average molecular weight is 388 g/mol. The Kier molecular flexibility index (Phi) is 6.91. The molecule has 2 aromatic rings. The zero-order chi connectivity index (χ0) is 20.0. The number of hydrogen-bond donors (Lipinski definition) is 0. The van der Waals surface area contributed by atoms with Crippen molar-refractivity contribution in [3.05, 3.63) is 65.2 Å². The predicted octanol–water partition coefficient (Wildman–Crippen LogP) is 4.03. The predicted molar refractivity (Wildman–Crippen MR) is 104 cm³/mol. The lowest BCUT2D eigenvalue weighted by Gasteiger charge is -2.10. The molecular weight excluding hydrogens is 364 g/mol. The van der Waals surface area contributed by atoms with E-state index in [4.69, 9.17) is 4.74 Å². The Morgan fingerprint density at radius 2 is 1.63 bits per heavy atom. The number of rotatable bonds is 8. The van der Waals surface area contributed by atoms with E-state index in [9.17, 15) is 18.0 Å². The van der Waals surface area contributed by atoms with Crippen molar-refractivity contribution in [2.24, 2.45) is 0 Å². The summed E-state index contributed by atoms with van der Waals surface area (Å²) < 4.78 is 29.3. The summed E-state index contributed by atoms with van der Waals surface area (Å²) in [6.45, 7) is 5.27. The molecule has 0 aliphatic heterocycles. The maximum absolute atomic E-state index is 12.3. The third-order valence-electron chi connectivity index (χ3n) is 4.57. The van der Waals surface area contributed by atoms with Gasteiger partial charge in [0.15, 0.2) is 22.2 Å². The zero-order valence-electron chi connectivity index (χ0n) is 15.8. The van der Waals surface area contributed by atoms with Crippen LogP contribution in [0.1, 0.15) is 59.4 Å². The molecule has 0 radical (unpaired) electrons. The van der Waals surface area contributed by atoms with Crippen LogP contribution in [0.4, 0.5) is 0 Å². The van der Waals surface area contributed by atoms with Gasteiger partial charge in [0.05, 0.1) is 16.2 Å². The topological polar surface area (TPSA) is 77.5 Å². The Hall–Kier alpha value is -2.47. The van der Waals surface area contributed by atoms with Crippen molar-refractivity contribution in [2.75, 3.05) is 12.4 Å². The van der Waals surface area contributed by atoms with Crippen LogP contribution in [0, 0.1) is 0 Å². The van der Waals surface area contributed by atoms with Crippen molar-refractivity contribution in [1.82, 2.24) is 0 Å². The van der Waals surface area contributed by atoms with Crippen molar-refractivity contribution in [3.8, 4) is 0 Å². The van der Waals surface area contributed by atoms with Gasteiger partial charge in [0.25, 0.3) is 0 Å². The van der Waals surface area contributed by atoms with E-state index in [2.05, 4.69) is 13.8 Å². The Bertz CT molecular complexity index is 914. The molecular formula is C21H24O5S. The van der Waals surface area contributed by atoms with Crippen LogP contribution in [0.2, 0.25) is 0 Å². The molecule has 5 nitrogen and oxygen atoms in total. The molecule has 1 atom stereocenters. The Morgan fingerprint density at radius 1 is 1.00 bits per heavy atom. The van der Waals surface area contributed by atoms with Crippen molar-refractivity contribution in [1.29, 1.82) is 0 Å². The standard InChI is InChI=1S/C21H24O5S/c1-4-15(3)16-10-12-17(13-11-16)19(22)14-26-21(23)18-8-6-7-9-20(18)27(24,25)5-2/h6-13,15H,4-5,14H2,1-3H3/t15-/m1/s1. The lowest BCUT2D eigenvalue weighted by atomic mass is 9.97. The van der Waals surface area contributed by atoms with Gasteiger partial charge in [-0.2, -0.15) is 0 Å². The molecule has 0 saturated heterocycles. The second-order valence-corrected chi connectivity index (χ2v) is 8.58. The first kappa shape index (κ1) is 20.8. The highest BCUT2D eigenvalue weighted by Gasteiger charge is 2.22. The number of sulfone groups is 1. The first-order valence-electron chi connectivity index (χ1n) is 8.92. The van der Waals surface area contributed by atoms with Crippen molar-refractivity contribution in [2.45, 2.75) is 38.0 Å². The molecule has 0 unspecified atom stereocenters. The fourth-order valence-electron chi connectivity index (χ4n) is 2.59. The molecule has 0 N–H and O–H groups in total. The molecule has 6 heteroatoms. The van der Waals surface area contributed by atoms with Crippen LogP contribution in [-0.4, -0.2) is 32.5 Å². The second-order valence-electron chi connectivity index (χ2n) is 6.33. The third kappa shape index (κ3) is 5.04. The minimum Gasteiger partial charge on any atom is -0.454 e. The molecule has 0 aliphatic carbocycles. The van der Waals surface area contributed by atoms with Crippen LogP contribution in [-0.2, 0) is 14.6 Å². The number of ketones is 1. The summed E-state index contributed by atoms with van der Waals surface area (Å²) in [4.78, 5) is 24.5. The van der Waals surface area contributed by atoms with E-state index in [-0.39, 0.29) is 22.0 Å². The normalized spacial score (nSPS) is 12.4. The van der Waals surface area contributed by atoms with Crippen LogP contribution < -0.4 is 0 Å². The highest BCUT2D eigenvalue weighted by atomic mass is 32.2. The summed E-state index contributed by atoms with van der Waals surface area (Å²) in [5.74, 6) is -0.884. The fraction of sp³-hybridized carbons (Fsp3) is 0.333. The van der Waals surface area contributed by atoms with Crippen LogP contribution >= 0.6 is 0 Å². The second kappa shape index (κ2) is 8.95. The number of benzene rings is 2. The van der Waals surface area contributed by atoms with Crippen LogP contribution in [0.15, 0.2) is 53.4 Å². The summed E-state index contributed by atoms with van der Waals surface area (Å²) in [6.07, 6.45) is 1.00. The van der Waals surface area contributed by atoms with Gasteiger partial charge in [-0.15, -0.1) is 0 Å². The van der Waals surface area contributed by atoms with Crippen molar-refractivity contribution in [3.63, 3.8) is 0 Å². The number of carbonyl (C=O) groups excluding carboxylic acids is 2. The maximum atomic E-state index is 12.3. The van der Waals surface area contributed by atoms with E-state index >= 15 is 0 Å². The summed E-state index contributed by atoms with van der Waals surface area (Å²) in [7, 11) is -3.57. The van der Waals surface area contributed by atoms with Gasteiger partial charge in [0.1, 0.15) is 0 Å². The lowest BCUT2D eigenvalue weighted by molar-refractivity contribution is 0.0471. The van der Waals surface area contributed by atoms with E-state index in [0.29, 0.717) is 11.5 Å². The first-order valence-corrected chi connectivity index (χ1v) is 10.6. The fourth-order valence-corrected chi connectivity index (χ4v) is 3.67. The summed E-state index contributed by atoms with van der Waals surface area (Å²) in [5.41, 5.74) is 1.54. The molecule has 0 amide bonds. The number of esters is 1. The summed E-state index contributed by atoms with van der Waals surface area (Å²) in [5, 5.41) is 0. The van der Waals surface area contributed by atoms with Crippen LogP contribution in [0.3, 0.4) is 0 Å². The van der Waals surface area contributed by atoms with Gasteiger partial charge in [0.2, 0.25) is 0 Å². The van der Waals surface area contributed by atoms with Gasteiger partial charge in [-0.25, -0.2) is 13.2 Å². The molecule has 0 heterocycles. The zero-order valence-corrected chi connectivity index (χ0v) is 16.6. The van der Waals surface area contributed by atoms with E-state index < -0.39 is 22.4 Å². The minimum absolute atomic E-state index is 0.0562. The number of hydrogen-bond acceptors (Lipinski definition) is 5. The van der Waals surface area contributed by atoms with Crippen LogP contribution in [0.5, 0.6) is 0 Å². The number of carbonyl (C=O) groups is 2. The quantitative estimate of drug-likeness (QED) is 0.504. The molecule has 0 fully saturated rings. The SMILES string of the molecule is CC[C@@H](C)c1ccc(C(=O)COC(=O)c2ccccc2S(=O)(=O)CC)cc1. The molecule has 2 rings (SSSR count). The molecule has 0 spiro atoms. The van der Waals surface area contributed by atoms with Gasteiger partial charge in [-0.3, -0.25) is 4.79 Å². The van der Waals surface area contributed by atoms with Crippen molar-refractivity contribution >= 4 is 21.6 Å². The molecule has 0 aromatic heterocycles. The smallest absolute Gasteiger partial charge is 0.339 e. The largest absolute Gasteiger partial charge is 0.454 e. The van der Waals surface area contributed by atoms with E-state index in [1.54, 1.807) is 24.3 Å². The monoisotopic (exact) mass is 388 g/mol. The molecule has 2 aromatic carbocycles. The van der Waals surface area contributed by atoms with Gasteiger partial charge in [-0.1, -0.05) is 57.2 Å². The average Bonchev–Trinajstić information content (AvgIpc) is 2.71. The minimum atomic E-state index is -3.57.